The summed E-state index contributed by atoms with van der Waals surface area (Å²) in [7, 11) is 1.36. The Morgan fingerprint density at radius 1 is 1.22 bits per heavy atom. The number of piperidine rings is 1. The molecule has 0 saturated carbocycles. The van der Waals surface area contributed by atoms with Crippen LogP contribution in [0.3, 0.4) is 0 Å². The van der Waals surface area contributed by atoms with Crippen molar-refractivity contribution in [2.24, 2.45) is 0 Å². The first-order valence-corrected chi connectivity index (χ1v) is 6.18. The van der Waals surface area contributed by atoms with Gasteiger partial charge in [-0.1, -0.05) is 18.2 Å². The van der Waals surface area contributed by atoms with Crippen LogP contribution >= 0.6 is 0 Å². The lowest BCUT2D eigenvalue weighted by molar-refractivity contribution is -0.147. The van der Waals surface area contributed by atoms with Gasteiger partial charge in [-0.3, -0.25) is 4.79 Å². The van der Waals surface area contributed by atoms with E-state index in [9.17, 15) is 9.59 Å². The number of benzene rings is 1. The van der Waals surface area contributed by atoms with E-state index in [1.165, 1.54) is 7.11 Å². The van der Waals surface area contributed by atoms with E-state index in [1.807, 2.05) is 18.2 Å². The smallest absolute Gasteiger partial charge is 0.328 e. The van der Waals surface area contributed by atoms with Crippen LogP contribution in [0.15, 0.2) is 30.3 Å². The number of esters is 1. The third-order valence-corrected chi connectivity index (χ3v) is 3.26. The van der Waals surface area contributed by atoms with E-state index in [0.29, 0.717) is 18.5 Å². The minimum atomic E-state index is -0.434. The summed E-state index contributed by atoms with van der Waals surface area (Å²) in [6, 6.07) is 8.62. The van der Waals surface area contributed by atoms with Crippen molar-refractivity contribution in [3.05, 3.63) is 35.9 Å². The van der Waals surface area contributed by atoms with Crippen molar-refractivity contribution in [3.8, 4) is 0 Å². The standard InChI is InChI=1S/C14H17NO3/c1-18-14(17)12-9-5-6-10-15(12)13(16)11-7-3-2-4-8-11/h2-4,7-8,12H,5-6,9-10H2,1H3/t12-/m1/s1. The molecule has 1 fully saturated rings. The molecule has 0 aromatic heterocycles. The number of nitrogens with zero attached hydrogens (tertiary/aromatic N) is 1. The highest BCUT2D eigenvalue weighted by Crippen LogP contribution is 2.20. The van der Waals surface area contributed by atoms with Crippen molar-refractivity contribution in [1.29, 1.82) is 0 Å². The second-order valence-electron chi connectivity index (χ2n) is 4.40. The number of hydrogen-bond acceptors (Lipinski definition) is 3. The van der Waals surface area contributed by atoms with E-state index in [0.717, 1.165) is 12.8 Å². The van der Waals surface area contributed by atoms with Crippen LogP contribution < -0.4 is 0 Å². The number of carbonyl (C=O) groups is 2. The van der Waals surface area contributed by atoms with Gasteiger partial charge in [0.1, 0.15) is 6.04 Å². The molecule has 18 heavy (non-hydrogen) atoms. The van der Waals surface area contributed by atoms with Gasteiger partial charge in [-0.25, -0.2) is 4.79 Å². The van der Waals surface area contributed by atoms with Crippen LogP contribution in [0.2, 0.25) is 0 Å². The average Bonchev–Trinajstić information content (AvgIpc) is 2.46. The van der Waals surface area contributed by atoms with Crippen LogP contribution in [0.4, 0.5) is 0 Å². The number of amides is 1. The number of methoxy groups -OCH3 is 1. The van der Waals surface area contributed by atoms with Gasteiger partial charge in [0.2, 0.25) is 0 Å². The zero-order valence-corrected chi connectivity index (χ0v) is 10.5. The molecule has 1 heterocycles. The molecule has 1 saturated heterocycles. The van der Waals surface area contributed by atoms with Gasteiger partial charge in [0.25, 0.3) is 5.91 Å². The summed E-state index contributed by atoms with van der Waals surface area (Å²) in [5, 5.41) is 0. The van der Waals surface area contributed by atoms with Crippen molar-refractivity contribution in [2.75, 3.05) is 13.7 Å². The summed E-state index contributed by atoms with van der Waals surface area (Å²) in [5.74, 6) is -0.412. The van der Waals surface area contributed by atoms with Crippen molar-refractivity contribution in [3.63, 3.8) is 0 Å². The predicted molar refractivity (Wildman–Crippen MR) is 67.1 cm³/mol. The summed E-state index contributed by atoms with van der Waals surface area (Å²) in [6.07, 6.45) is 2.58. The van der Waals surface area contributed by atoms with Crippen molar-refractivity contribution < 1.29 is 14.3 Å². The molecule has 1 aliphatic heterocycles. The molecular weight excluding hydrogens is 230 g/mol. The van der Waals surface area contributed by atoms with Crippen LogP contribution in [-0.2, 0) is 9.53 Å². The Hall–Kier alpha value is -1.84. The minimum Gasteiger partial charge on any atom is -0.467 e. The third kappa shape index (κ3) is 2.53. The number of ether oxygens (including phenoxy) is 1. The molecule has 0 aliphatic carbocycles. The van der Waals surface area contributed by atoms with Gasteiger partial charge >= 0.3 is 5.97 Å². The van der Waals surface area contributed by atoms with Crippen LogP contribution in [0.1, 0.15) is 29.6 Å². The molecule has 2 rings (SSSR count). The Morgan fingerprint density at radius 3 is 2.61 bits per heavy atom. The highest BCUT2D eigenvalue weighted by atomic mass is 16.5. The third-order valence-electron chi connectivity index (χ3n) is 3.26. The Morgan fingerprint density at radius 2 is 1.94 bits per heavy atom. The number of likely N-dealkylation sites (tertiary alicyclic amines) is 1. The fourth-order valence-corrected chi connectivity index (χ4v) is 2.30. The Balaban J connectivity index is 2.19. The number of hydrogen-bond donors (Lipinski definition) is 0. The fourth-order valence-electron chi connectivity index (χ4n) is 2.30. The summed E-state index contributed by atoms with van der Waals surface area (Å²) >= 11 is 0. The molecule has 0 N–H and O–H groups in total. The maximum atomic E-state index is 12.3. The second-order valence-corrected chi connectivity index (χ2v) is 4.40. The summed E-state index contributed by atoms with van der Waals surface area (Å²) < 4.78 is 4.77. The molecule has 1 atom stereocenters. The lowest BCUT2D eigenvalue weighted by Gasteiger charge is -2.33. The van der Waals surface area contributed by atoms with Crippen molar-refractivity contribution in [2.45, 2.75) is 25.3 Å². The van der Waals surface area contributed by atoms with Gasteiger partial charge in [-0.15, -0.1) is 0 Å². The predicted octanol–water partition coefficient (Wildman–Crippen LogP) is 1.85. The summed E-state index contributed by atoms with van der Waals surface area (Å²) in [4.78, 5) is 25.7. The minimum absolute atomic E-state index is 0.0919. The van der Waals surface area contributed by atoms with E-state index in [-0.39, 0.29) is 11.9 Å². The molecule has 1 aromatic carbocycles. The molecule has 1 aromatic rings. The molecule has 0 unspecified atom stereocenters. The zero-order valence-electron chi connectivity index (χ0n) is 10.5. The lowest BCUT2D eigenvalue weighted by Crippen LogP contribution is -2.48. The van der Waals surface area contributed by atoms with Crippen LogP contribution in [0, 0.1) is 0 Å². The Labute approximate surface area is 107 Å². The largest absolute Gasteiger partial charge is 0.467 e. The van der Waals surface area contributed by atoms with E-state index in [4.69, 9.17) is 4.74 Å². The summed E-state index contributed by atoms with van der Waals surface area (Å²) in [6.45, 7) is 0.619. The molecule has 0 spiro atoms. The molecule has 1 aliphatic rings. The number of rotatable bonds is 2. The van der Waals surface area contributed by atoms with Crippen molar-refractivity contribution >= 4 is 11.9 Å². The summed E-state index contributed by atoms with van der Waals surface area (Å²) in [5.41, 5.74) is 0.619. The Bertz CT molecular complexity index is 430. The molecule has 96 valence electrons. The van der Waals surface area contributed by atoms with Crippen LogP contribution in [0.5, 0.6) is 0 Å². The molecule has 4 heteroatoms. The monoisotopic (exact) mass is 247 g/mol. The van der Waals surface area contributed by atoms with E-state index in [2.05, 4.69) is 0 Å². The highest BCUT2D eigenvalue weighted by Gasteiger charge is 2.33. The maximum Gasteiger partial charge on any atom is 0.328 e. The average molecular weight is 247 g/mol. The molecule has 4 nitrogen and oxygen atoms in total. The first kappa shape index (κ1) is 12.6. The Kier molecular flexibility index (Phi) is 3.97. The van der Waals surface area contributed by atoms with Gasteiger partial charge in [-0.05, 0) is 31.4 Å². The number of carbonyl (C=O) groups excluding carboxylic acids is 2. The quantitative estimate of drug-likeness (QED) is 0.749. The topological polar surface area (TPSA) is 46.6 Å². The van der Waals surface area contributed by atoms with E-state index >= 15 is 0 Å². The van der Waals surface area contributed by atoms with Crippen LogP contribution in [-0.4, -0.2) is 36.5 Å². The van der Waals surface area contributed by atoms with Gasteiger partial charge in [0, 0.05) is 12.1 Å². The van der Waals surface area contributed by atoms with E-state index in [1.54, 1.807) is 17.0 Å². The van der Waals surface area contributed by atoms with Gasteiger partial charge in [-0.2, -0.15) is 0 Å². The molecule has 1 amide bonds. The zero-order chi connectivity index (χ0) is 13.0. The van der Waals surface area contributed by atoms with Crippen LogP contribution in [0.25, 0.3) is 0 Å². The van der Waals surface area contributed by atoms with Crippen molar-refractivity contribution in [1.82, 2.24) is 4.90 Å². The second kappa shape index (κ2) is 5.67. The first-order valence-electron chi connectivity index (χ1n) is 6.18. The molecule has 0 radical (unpaired) electrons. The lowest BCUT2D eigenvalue weighted by atomic mass is 10.0. The van der Waals surface area contributed by atoms with E-state index < -0.39 is 6.04 Å². The SMILES string of the molecule is COC(=O)[C@H]1CCCCN1C(=O)c1ccccc1. The van der Waals surface area contributed by atoms with Gasteiger partial charge in [0.05, 0.1) is 7.11 Å². The fraction of sp³-hybridized carbons (Fsp3) is 0.429. The molecule has 0 bridgehead atoms. The van der Waals surface area contributed by atoms with Gasteiger partial charge < -0.3 is 9.64 Å². The highest BCUT2D eigenvalue weighted by molar-refractivity contribution is 5.96. The maximum absolute atomic E-state index is 12.3. The first-order chi connectivity index (χ1) is 8.74. The normalized spacial score (nSPS) is 19.4. The molecular formula is C14H17NO3. The van der Waals surface area contributed by atoms with Gasteiger partial charge in [0.15, 0.2) is 0 Å².